The molecule has 0 bridgehead atoms. The number of thioether (sulfide) groups is 1. The molecule has 0 aliphatic heterocycles. The van der Waals surface area contributed by atoms with Crippen molar-refractivity contribution in [3.8, 4) is 0 Å². The van der Waals surface area contributed by atoms with Gasteiger partial charge in [-0.1, -0.05) is 28.1 Å². The van der Waals surface area contributed by atoms with E-state index >= 15 is 0 Å². The molecule has 0 saturated heterocycles. The molecular weight excluding hydrogens is 293 g/mol. The van der Waals surface area contributed by atoms with Gasteiger partial charge in [0.1, 0.15) is 0 Å². The fraction of sp³-hybridized carbons (Fsp3) is 0.222. The van der Waals surface area contributed by atoms with Crippen molar-refractivity contribution in [2.75, 3.05) is 5.75 Å². The minimum atomic E-state index is -4.36. The summed E-state index contributed by atoms with van der Waals surface area (Å²) in [5.41, 5.74) is -4.07. The Balaban J connectivity index is 2.58. The second-order valence-electron chi connectivity index (χ2n) is 2.66. The fourth-order valence-corrected chi connectivity index (χ4v) is 1.59. The van der Waals surface area contributed by atoms with Crippen molar-refractivity contribution < 1.29 is 18.0 Å². The number of ketones is 1. The van der Waals surface area contributed by atoms with Gasteiger partial charge in [-0.3, -0.25) is 4.79 Å². The Bertz CT molecular complexity index is 347. The summed E-state index contributed by atoms with van der Waals surface area (Å²) in [4.78, 5) is 11.3. The van der Waals surface area contributed by atoms with E-state index in [1.807, 2.05) is 0 Å². The standard InChI is InChI=1S/C9H6BrF3OS/c10-7-3-1-6(2-4-7)8(14)5-15-9(11,12)13/h1-4H,5H2. The van der Waals surface area contributed by atoms with Gasteiger partial charge in [0.2, 0.25) is 0 Å². The smallest absolute Gasteiger partial charge is 0.293 e. The first-order valence-corrected chi connectivity index (χ1v) is 5.66. The lowest BCUT2D eigenvalue weighted by Crippen LogP contribution is -2.09. The van der Waals surface area contributed by atoms with Crippen LogP contribution in [-0.4, -0.2) is 17.0 Å². The highest BCUT2D eigenvalue weighted by Crippen LogP contribution is 2.30. The number of hydrogen-bond acceptors (Lipinski definition) is 2. The van der Waals surface area contributed by atoms with Crippen LogP contribution in [0.3, 0.4) is 0 Å². The molecule has 0 spiro atoms. The van der Waals surface area contributed by atoms with Gasteiger partial charge in [-0.15, -0.1) is 0 Å². The van der Waals surface area contributed by atoms with Crippen LogP contribution in [0.1, 0.15) is 10.4 Å². The van der Waals surface area contributed by atoms with E-state index in [2.05, 4.69) is 15.9 Å². The Kier molecular flexibility index (Phi) is 4.21. The van der Waals surface area contributed by atoms with Crippen molar-refractivity contribution >= 4 is 33.5 Å². The van der Waals surface area contributed by atoms with Gasteiger partial charge in [0.15, 0.2) is 5.78 Å². The molecule has 0 radical (unpaired) electrons. The van der Waals surface area contributed by atoms with Gasteiger partial charge in [-0.05, 0) is 23.9 Å². The third-order valence-electron chi connectivity index (χ3n) is 1.53. The lowest BCUT2D eigenvalue weighted by Gasteiger charge is -2.04. The number of rotatable bonds is 3. The predicted molar refractivity (Wildman–Crippen MR) is 57.0 cm³/mol. The summed E-state index contributed by atoms with van der Waals surface area (Å²) < 4.78 is 36.2. The molecule has 0 saturated carbocycles. The molecule has 0 atom stereocenters. The summed E-state index contributed by atoms with van der Waals surface area (Å²) in [5.74, 6) is -1.10. The van der Waals surface area contributed by atoms with Crippen molar-refractivity contribution in [3.63, 3.8) is 0 Å². The lowest BCUT2D eigenvalue weighted by atomic mass is 10.2. The number of benzene rings is 1. The monoisotopic (exact) mass is 298 g/mol. The lowest BCUT2D eigenvalue weighted by molar-refractivity contribution is -0.0327. The van der Waals surface area contributed by atoms with Gasteiger partial charge in [0, 0.05) is 10.0 Å². The second kappa shape index (κ2) is 5.03. The zero-order valence-corrected chi connectivity index (χ0v) is 9.75. The summed E-state index contributed by atoms with van der Waals surface area (Å²) >= 11 is 2.85. The van der Waals surface area contributed by atoms with Crippen LogP contribution in [-0.2, 0) is 0 Å². The minimum absolute atomic E-state index is 0.287. The van der Waals surface area contributed by atoms with Crippen LogP contribution in [0.2, 0.25) is 0 Å². The molecule has 1 aromatic carbocycles. The summed E-state index contributed by atoms with van der Waals surface area (Å²) in [6, 6.07) is 6.21. The van der Waals surface area contributed by atoms with E-state index in [1.165, 1.54) is 12.1 Å². The number of carbonyl (C=O) groups is 1. The molecule has 1 nitrogen and oxygen atoms in total. The molecule has 0 N–H and O–H groups in total. The normalized spacial score (nSPS) is 11.5. The van der Waals surface area contributed by atoms with Crippen LogP contribution >= 0.6 is 27.7 Å². The third-order valence-corrected chi connectivity index (χ3v) is 2.80. The van der Waals surface area contributed by atoms with E-state index in [0.717, 1.165) is 4.47 Å². The van der Waals surface area contributed by atoms with E-state index in [4.69, 9.17) is 0 Å². The zero-order chi connectivity index (χ0) is 11.5. The van der Waals surface area contributed by atoms with E-state index in [0.29, 0.717) is 0 Å². The molecule has 0 fully saturated rings. The second-order valence-corrected chi connectivity index (χ2v) is 4.62. The molecule has 0 aliphatic carbocycles. The summed E-state index contributed by atoms with van der Waals surface area (Å²) in [7, 11) is 0. The first-order chi connectivity index (χ1) is 6.88. The predicted octanol–water partition coefficient (Wildman–Crippen LogP) is 3.88. The third kappa shape index (κ3) is 4.70. The number of alkyl halides is 3. The quantitative estimate of drug-likeness (QED) is 0.788. The van der Waals surface area contributed by atoms with E-state index in [9.17, 15) is 18.0 Å². The van der Waals surface area contributed by atoms with Crippen LogP contribution < -0.4 is 0 Å². The highest BCUT2D eigenvalue weighted by molar-refractivity contribution is 9.10. The topological polar surface area (TPSA) is 17.1 Å². The molecule has 15 heavy (non-hydrogen) atoms. The Labute approximate surface area is 97.2 Å². The van der Waals surface area contributed by atoms with Gasteiger partial charge in [0.25, 0.3) is 0 Å². The maximum atomic E-state index is 11.8. The minimum Gasteiger partial charge on any atom is -0.293 e. The van der Waals surface area contributed by atoms with Crippen molar-refractivity contribution in [1.29, 1.82) is 0 Å². The van der Waals surface area contributed by atoms with Crippen molar-refractivity contribution in [3.05, 3.63) is 34.3 Å². The first-order valence-electron chi connectivity index (χ1n) is 3.88. The summed E-state index contributed by atoms with van der Waals surface area (Å²) in [6.45, 7) is 0. The van der Waals surface area contributed by atoms with Gasteiger partial charge in [0.05, 0.1) is 5.75 Å². The number of carbonyl (C=O) groups excluding carboxylic acids is 1. The van der Waals surface area contributed by atoms with Crippen LogP contribution in [0.5, 0.6) is 0 Å². The van der Waals surface area contributed by atoms with Crippen LogP contribution in [0.15, 0.2) is 28.7 Å². The number of hydrogen-bond donors (Lipinski definition) is 0. The molecule has 0 heterocycles. The van der Waals surface area contributed by atoms with Crippen molar-refractivity contribution in [2.45, 2.75) is 5.51 Å². The Morgan fingerprint density at radius 3 is 2.27 bits per heavy atom. The molecule has 0 aromatic heterocycles. The summed E-state index contributed by atoms with van der Waals surface area (Å²) in [6.07, 6.45) is 0. The Morgan fingerprint density at radius 2 is 1.80 bits per heavy atom. The average molecular weight is 299 g/mol. The number of halogens is 4. The molecule has 82 valence electrons. The Morgan fingerprint density at radius 1 is 1.27 bits per heavy atom. The van der Waals surface area contributed by atoms with Gasteiger partial charge < -0.3 is 0 Å². The van der Waals surface area contributed by atoms with Crippen LogP contribution in [0, 0.1) is 0 Å². The highest BCUT2D eigenvalue weighted by atomic mass is 79.9. The summed E-state index contributed by atoms with van der Waals surface area (Å²) in [5, 5.41) is 0. The largest absolute Gasteiger partial charge is 0.442 e. The van der Waals surface area contributed by atoms with Gasteiger partial charge in [-0.25, -0.2) is 0 Å². The highest BCUT2D eigenvalue weighted by Gasteiger charge is 2.29. The van der Waals surface area contributed by atoms with Crippen molar-refractivity contribution in [1.82, 2.24) is 0 Å². The van der Waals surface area contributed by atoms with E-state index in [1.54, 1.807) is 12.1 Å². The Hall–Kier alpha value is -0.490. The average Bonchev–Trinajstić information content (AvgIpc) is 2.14. The van der Waals surface area contributed by atoms with E-state index in [-0.39, 0.29) is 17.3 Å². The maximum absolute atomic E-state index is 11.8. The molecule has 1 aromatic rings. The molecule has 0 amide bonds. The van der Waals surface area contributed by atoms with Crippen molar-refractivity contribution in [2.24, 2.45) is 0 Å². The van der Waals surface area contributed by atoms with Gasteiger partial charge in [-0.2, -0.15) is 13.2 Å². The SMILES string of the molecule is O=C(CSC(F)(F)F)c1ccc(Br)cc1. The first kappa shape index (κ1) is 12.6. The molecule has 0 aliphatic rings. The fourth-order valence-electron chi connectivity index (χ4n) is 0.866. The zero-order valence-electron chi connectivity index (χ0n) is 7.34. The number of Topliss-reactive ketones (excluding diaryl/α,β-unsaturated/α-hetero) is 1. The van der Waals surface area contributed by atoms with Gasteiger partial charge >= 0.3 is 5.51 Å². The molecule has 6 heteroatoms. The molecule has 0 unspecified atom stereocenters. The van der Waals surface area contributed by atoms with Crippen LogP contribution in [0.25, 0.3) is 0 Å². The van der Waals surface area contributed by atoms with Crippen LogP contribution in [0.4, 0.5) is 13.2 Å². The maximum Gasteiger partial charge on any atom is 0.442 e. The van der Waals surface area contributed by atoms with E-state index < -0.39 is 17.0 Å². The molecular formula is C9H6BrF3OS. The molecule has 1 rings (SSSR count).